The van der Waals surface area contributed by atoms with Crippen LogP contribution in [0.25, 0.3) is 10.6 Å². The molecule has 2 rings (SSSR count). The molecule has 0 aliphatic carbocycles. The van der Waals surface area contributed by atoms with Gasteiger partial charge in [-0.3, -0.25) is 0 Å². The van der Waals surface area contributed by atoms with Crippen molar-refractivity contribution in [2.24, 2.45) is 0 Å². The Morgan fingerprint density at radius 2 is 1.73 bits per heavy atom. The van der Waals surface area contributed by atoms with E-state index in [1.54, 1.807) is 11.3 Å². The van der Waals surface area contributed by atoms with Gasteiger partial charge in [0.2, 0.25) is 0 Å². The second-order valence-electron chi connectivity index (χ2n) is 3.96. The molecule has 0 saturated carbocycles. The second kappa shape index (κ2) is 3.78. The van der Waals surface area contributed by atoms with E-state index in [-0.39, 0.29) is 0 Å². The summed E-state index contributed by atoms with van der Waals surface area (Å²) in [6.45, 7) is 8.47. The minimum Gasteiger partial charge on any atom is -0.241 e. The van der Waals surface area contributed by atoms with Crippen LogP contribution in [0, 0.1) is 27.7 Å². The van der Waals surface area contributed by atoms with Crippen LogP contribution in [-0.4, -0.2) is 4.98 Å². The molecule has 1 aromatic heterocycles. The summed E-state index contributed by atoms with van der Waals surface area (Å²) in [5.41, 5.74) is 5.05. The fourth-order valence-corrected chi connectivity index (χ4v) is 2.38. The molecule has 0 N–H and O–H groups in total. The van der Waals surface area contributed by atoms with E-state index in [2.05, 4.69) is 50.9 Å². The molecule has 1 nitrogen and oxygen atoms in total. The van der Waals surface area contributed by atoms with Gasteiger partial charge < -0.3 is 0 Å². The van der Waals surface area contributed by atoms with Gasteiger partial charge >= 0.3 is 0 Å². The maximum atomic E-state index is 4.57. The Kier molecular flexibility index (Phi) is 2.61. The molecule has 0 saturated heterocycles. The average molecular weight is 217 g/mol. The standard InChI is InChI=1S/C13H15NS/c1-8-5-6-12(7-9(8)2)13-14-10(3)11(4)15-13/h5-7H,1-4H3. The summed E-state index contributed by atoms with van der Waals surface area (Å²) < 4.78 is 0. The van der Waals surface area contributed by atoms with E-state index in [0.717, 1.165) is 10.7 Å². The normalized spacial score (nSPS) is 10.7. The fourth-order valence-electron chi connectivity index (χ4n) is 1.47. The molecule has 0 spiro atoms. The minimum absolute atomic E-state index is 1.13. The summed E-state index contributed by atoms with van der Waals surface area (Å²) in [4.78, 5) is 5.88. The topological polar surface area (TPSA) is 12.9 Å². The summed E-state index contributed by atoms with van der Waals surface area (Å²) in [5, 5.41) is 1.13. The molecule has 0 fully saturated rings. The number of nitrogens with zero attached hydrogens (tertiary/aromatic N) is 1. The first-order valence-corrected chi connectivity index (χ1v) is 5.91. The molecule has 1 heterocycles. The summed E-state index contributed by atoms with van der Waals surface area (Å²) in [7, 11) is 0. The van der Waals surface area contributed by atoms with Gasteiger partial charge in [0.25, 0.3) is 0 Å². The van der Waals surface area contributed by atoms with Crippen molar-refractivity contribution in [2.45, 2.75) is 27.7 Å². The van der Waals surface area contributed by atoms with Gasteiger partial charge in [-0.1, -0.05) is 12.1 Å². The van der Waals surface area contributed by atoms with Crippen LogP contribution in [0.4, 0.5) is 0 Å². The van der Waals surface area contributed by atoms with E-state index < -0.39 is 0 Å². The fraction of sp³-hybridized carbons (Fsp3) is 0.308. The van der Waals surface area contributed by atoms with Crippen LogP contribution >= 0.6 is 11.3 Å². The number of aromatic nitrogens is 1. The molecule has 0 atom stereocenters. The molecule has 0 aliphatic heterocycles. The quantitative estimate of drug-likeness (QED) is 0.702. The Labute approximate surface area is 94.8 Å². The smallest absolute Gasteiger partial charge is 0.123 e. The molecule has 0 amide bonds. The van der Waals surface area contributed by atoms with Crippen LogP contribution in [0.1, 0.15) is 21.7 Å². The number of rotatable bonds is 1. The van der Waals surface area contributed by atoms with Crippen LogP contribution in [0.2, 0.25) is 0 Å². The molecular weight excluding hydrogens is 202 g/mol. The summed E-state index contributed by atoms with van der Waals surface area (Å²) in [6.07, 6.45) is 0. The van der Waals surface area contributed by atoms with Gasteiger partial charge in [0, 0.05) is 10.4 Å². The van der Waals surface area contributed by atoms with Crippen LogP contribution in [0.15, 0.2) is 18.2 Å². The van der Waals surface area contributed by atoms with Gasteiger partial charge in [-0.2, -0.15) is 0 Å². The van der Waals surface area contributed by atoms with Crippen molar-refractivity contribution in [1.82, 2.24) is 4.98 Å². The predicted molar refractivity (Wildman–Crippen MR) is 66.5 cm³/mol. The Bertz CT molecular complexity index is 478. The van der Waals surface area contributed by atoms with Gasteiger partial charge in [-0.25, -0.2) is 4.98 Å². The van der Waals surface area contributed by atoms with E-state index in [1.165, 1.54) is 21.6 Å². The SMILES string of the molecule is Cc1ccc(-c2nc(C)c(C)s2)cc1C. The van der Waals surface area contributed by atoms with Gasteiger partial charge in [0.05, 0.1) is 5.69 Å². The van der Waals surface area contributed by atoms with E-state index >= 15 is 0 Å². The maximum Gasteiger partial charge on any atom is 0.123 e. The highest BCUT2D eigenvalue weighted by Crippen LogP contribution is 2.28. The zero-order valence-corrected chi connectivity index (χ0v) is 10.4. The zero-order chi connectivity index (χ0) is 11.0. The number of hydrogen-bond donors (Lipinski definition) is 0. The summed E-state index contributed by atoms with van der Waals surface area (Å²) in [5.74, 6) is 0. The molecule has 0 unspecified atom stereocenters. The number of aryl methyl sites for hydroxylation is 4. The largest absolute Gasteiger partial charge is 0.241 e. The van der Waals surface area contributed by atoms with Gasteiger partial charge in [-0.15, -0.1) is 11.3 Å². The van der Waals surface area contributed by atoms with E-state index in [4.69, 9.17) is 0 Å². The average Bonchev–Trinajstić information content (AvgIpc) is 2.52. The highest BCUT2D eigenvalue weighted by Gasteiger charge is 2.06. The lowest BCUT2D eigenvalue weighted by Crippen LogP contribution is -1.83. The van der Waals surface area contributed by atoms with E-state index in [9.17, 15) is 0 Å². The Balaban J connectivity index is 2.49. The minimum atomic E-state index is 1.13. The maximum absolute atomic E-state index is 4.57. The summed E-state index contributed by atoms with van der Waals surface area (Å²) >= 11 is 1.77. The first kappa shape index (κ1) is 10.4. The van der Waals surface area contributed by atoms with Crippen molar-refractivity contribution in [3.63, 3.8) is 0 Å². The molecule has 0 bridgehead atoms. The third kappa shape index (κ3) is 1.95. The molecule has 2 heteroatoms. The van der Waals surface area contributed by atoms with Crippen molar-refractivity contribution in [2.75, 3.05) is 0 Å². The molecule has 0 radical (unpaired) electrons. The lowest BCUT2D eigenvalue weighted by atomic mass is 10.1. The van der Waals surface area contributed by atoms with Gasteiger partial charge in [-0.05, 0) is 44.9 Å². The molecular formula is C13H15NS. The summed E-state index contributed by atoms with van der Waals surface area (Å²) in [6, 6.07) is 6.53. The van der Waals surface area contributed by atoms with Crippen LogP contribution in [0.3, 0.4) is 0 Å². The van der Waals surface area contributed by atoms with Crippen molar-refractivity contribution in [3.8, 4) is 10.6 Å². The van der Waals surface area contributed by atoms with Gasteiger partial charge in [0.15, 0.2) is 0 Å². The lowest BCUT2D eigenvalue weighted by Gasteiger charge is -2.01. The first-order valence-electron chi connectivity index (χ1n) is 5.09. The van der Waals surface area contributed by atoms with Crippen LogP contribution in [-0.2, 0) is 0 Å². The highest BCUT2D eigenvalue weighted by molar-refractivity contribution is 7.15. The van der Waals surface area contributed by atoms with Gasteiger partial charge in [0.1, 0.15) is 5.01 Å². The number of benzene rings is 1. The molecule has 0 aliphatic rings. The number of hydrogen-bond acceptors (Lipinski definition) is 2. The third-order valence-corrected chi connectivity index (χ3v) is 3.90. The van der Waals surface area contributed by atoms with Crippen LogP contribution in [0.5, 0.6) is 0 Å². The molecule has 2 aromatic rings. The molecule has 1 aromatic carbocycles. The molecule has 78 valence electrons. The van der Waals surface area contributed by atoms with E-state index in [1.807, 2.05) is 0 Å². The van der Waals surface area contributed by atoms with Crippen molar-refractivity contribution >= 4 is 11.3 Å². The van der Waals surface area contributed by atoms with Crippen molar-refractivity contribution in [3.05, 3.63) is 39.9 Å². The predicted octanol–water partition coefficient (Wildman–Crippen LogP) is 4.04. The lowest BCUT2D eigenvalue weighted by molar-refractivity contribution is 1.23. The third-order valence-electron chi connectivity index (χ3n) is 2.78. The zero-order valence-electron chi connectivity index (χ0n) is 9.59. The first-order chi connectivity index (χ1) is 7.08. The Morgan fingerprint density at radius 1 is 1.00 bits per heavy atom. The Morgan fingerprint density at radius 3 is 2.27 bits per heavy atom. The van der Waals surface area contributed by atoms with Crippen molar-refractivity contribution < 1.29 is 0 Å². The molecule has 15 heavy (non-hydrogen) atoms. The van der Waals surface area contributed by atoms with Crippen molar-refractivity contribution in [1.29, 1.82) is 0 Å². The van der Waals surface area contributed by atoms with Crippen LogP contribution < -0.4 is 0 Å². The monoisotopic (exact) mass is 217 g/mol. The highest BCUT2D eigenvalue weighted by atomic mass is 32.1. The van der Waals surface area contributed by atoms with E-state index in [0.29, 0.717) is 0 Å². The number of thiazole rings is 1. The second-order valence-corrected chi connectivity index (χ2v) is 5.16. The Hall–Kier alpha value is -1.15.